The third-order valence-electron chi connectivity index (χ3n) is 6.53. The molecule has 1 fully saturated rings. The van der Waals surface area contributed by atoms with Gasteiger partial charge >= 0.3 is 0 Å². The minimum absolute atomic E-state index is 0.0321. The first-order chi connectivity index (χ1) is 20.2. The summed E-state index contributed by atoms with van der Waals surface area (Å²) in [5, 5.41) is 7.08. The fraction of sp³-hybridized carbons (Fsp3) is 0.179. The van der Waals surface area contributed by atoms with E-state index in [2.05, 4.69) is 30.3 Å². The van der Waals surface area contributed by atoms with Crippen molar-refractivity contribution >= 4 is 55.4 Å². The number of aromatic nitrogens is 3. The molecule has 0 aliphatic carbocycles. The predicted octanol–water partition coefficient (Wildman–Crippen LogP) is 6.41. The van der Waals surface area contributed by atoms with Gasteiger partial charge in [0.1, 0.15) is 15.5 Å². The molecule has 0 bridgehead atoms. The number of nitrogens with zero attached hydrogens (tertiary/aromatic N) is 3. The number of piperidine rings is 1. The summed E-state index contributed by atoms with van der Waals surface area (Å²) in [6.07, 6.45) is 1.22. The predicted molar refractivity (Wildman–Crippen MR) is 159 cm³/mol. The van der Waals surface area contributed by atoms with Crippen molar-refractivity contribution in [2.45, 2.75) is 23.3 Å². The van der Waals surface area contributed by atoms with Crippen LogP contribution in [0.1, 0.15) is 6.42 Å². The molecule has 9 nitrogen and oxygen atoms in total. The molecule has 1 aliphatic rings. The van der Waals surface area contributed by atoms with Crippen LogP contribution in [-0.4, -0.2) is 48.4 Å². The summed E-state index contributed by atoms with van der Waals surface area (Å²) in [6, 6.07) is 17.8. The Bertz CT molecular complexity index is 1870. The van der Waals surface area contributed by atoms with Gasteiger partial charge in [-0.1, -0.05) is 48.0 Å². The Hall–Kier alpha value is -3.91. The maximum Gasteiger partial charge on any atom is 0.263 e. The average molecular weight is 629 g/mol. The Morgan fingerprint density at radius 3 is 2.67 bits per heavy atom. The van der Waals surface area contributed by atoms with E-state index in [0.717, 1.165) is 0 Å². The van der Waals surface area contributed by atoms with Crippen LogP contribution in [0.4, 0.5) is 20.4 Å². The molecular weight excluding hydrogens is 606 g/mol. The van der Waals surface area contributed by atoms with Gasteiger partial charge in [-0.25, -0.2) is 32.2 Å². The fourth-order valence-electron chi connectivity index (χ4n) is 4.68. The maximum atomic E-state index is 13.8. The molecule has 0 radical (unpaired) electrons. The van der Waals surface area contributed by atoms with Crippen LogP contribution in [0.3, 0.4) is 0 Å². The van der Waals surface area contributed by atoms with Crippen molar-refractivity contribution in [3.05, 3.63) is 83.5 Å². The van der Waals surface area contributed by atoms with Crippen molar-refractivity contribution in [1.82, 2.24) is 20.3 Å². The minimum Gasteiger partial charge on any atom is -0.437 e. The van der Waals surface area contributed by atoms with Crippen molar-refractivity contribution in [2.24, 2.45) is 0 Å². The number of fused-ring (bicyclic) bond motifs is 1. The SMILES string of the molecule is O=S(=O)(Nc1cccc2c(Oc3ncsc3-c3ccnc(N[C@@H]4CNCC(F)(F)C4)n3)cccc12)c1ccccc1Cl. The van der Waals surface area contributed by atoms with E-state index in [-0.39, 0.29) is 34.7 Å². The van der Waals surface area contributed by atoms with Crippen molar-refractivity contribution in [3.8, 4) is 22.2 Å². The second-order valence-electron chi connectivity index (χ2n) is 9.58. The number of rotatable bonds is 8. The Balaban J connectivity index is 1.27. The molecule has 42 heavy (non-hydrogen) atoms. The standard InChI is InChI=1S/C28H23ClF2N6O3S2/c29-20-7-1-2-10-24(20)42(38,39)37-21-8-3-6-19-18(21)5-4-9-23(19)40-26-25(41-16-34-26)22-11-12-33-27(36-22)35-17-13-28(30,31)15-32-14-17/h1-12,16-17,32,37H,13-15H2,(H,33,35,36)/t17-/m0/s1. The van der Waals surface area contributed by atoms with Gasteiger partial charge in [0.15, 0.2) is 0 Å². The first-order valence-electron chi connectivity index (χ1n) is 12.8. The number of ether oxygens (including phenoxy) is 1. The van der Waals surface area contributed by atoms with E-state index in [1.54, 1.807) is 54.0 Å². The summed E-state index contributed by atoms with van der Waals surface area (Å²) in [5.74, 6) is -1.86. The van der Waals surface area contributed by atoms with Gasteiger partial charge < -0.3 is 15.4 Å². The number of nitrogens with one attached hydrogen (secondary N) is 3. The van der Waals surface area contributed by atoms with Crippen LogP contribution >= 0.6 is 22.9 Å². The van der Waals surface area contributed by atoms with Crippen LogP contribution in [0.15, 0.2) is 83.3 Å². The third-order valence-corrected chi connectivity index (χ3v) is 9.23. The van der Waals surface area contributed by atoms with Crippen LogP contribution in [0.25, 0.3) is 21.3 Å². The average Bonchev–Trinajstić information content (AvgIpc) is 3.41. The number of benzene rings is 3. The van der Waals surface area contributed by atoms with Gasteiger partial charge in [-0.2, -0.15) is 0 Å². The van der Waals surface area contributed by atoms with Gasteiger partial charge in [0, 0.05) is 36.0 Å². The summed E-state index contributed by atoms with van der Waals surface area (Å²) in [7, 11) is -3.96. The number of sulfonamides is 1. The molecule has 6 rings (SSSR count). The first-order valence-corrected chi connectivity index (χ1v) is 15.5. The van der Waals surface area contributed by atoms with Crippen LogP contribution in [0, 0.1) is 0 Å². The van der Waals surface area contributed by atoms with Crippen molar-refractivity contribution in [2.75, 3.05) is 23.1 Å². The van der Waals surface area contributed by atoms with E-state index in [9.17, 15) is 17.2 Å². The van der Waals surface area contributed by atoms with E-state index < -0.39 is 22.0 Å². The van der Waals surface area contributed by atoms with Crippen LogP contribution in [-0.2, 0) is 10.0 Å². The van der Waals surface area contributed by atoms with Crippen LogP contribution < -0.4 is 20.1 Å². The smallest absolute Gasteiger partial charge is 0.263 e. The number of halogens is 3. The molecule has 3 heterocycles. The number of alkyl halides is 2. The molecule has 5 aromatic rings. The highest BCUT2D eigenvalue weighted by molar-refractivity contribution is 7.92. The Morgan fingerprint density at radius 1 is 1.02 bits per heavy atom. The van der Waals surface area contributed by atoms with E-state index >= 15 is 0 Å². The molecule has 2 aromatic heterocycles. The number of hydrogen-bond donors (Lipinski definition) is 3. The lowest BCUT2D eigenvalue weighted by Gasteiger charge is -2.30. The summed E-state index contributed by atoms with van der Waals surface area (Å²) in [5.41, 5.74) is 2.47. The molecule has 1 saturated heterocycles. The Labute approximate surface area is 249 Å². The number of hydrogen-bond acceptors (Lipinski definition) is 9. The zero-order chi connectivity index (χ0) is 29.3. The lowest BCUT2D eigenvalue weighted by Crippen LogP contribution is -2.49. The van der Waals surface area contributed by atoms with Gasteiger partial charge in [-0.3, -0.25) is 4.72 Å². The molecule has 3 aromatic carbocycles. The number of anilines is 2. The summed E-state index contributed by atoms with van der Waals surface area (Å²) in [6.45, 7) is 0.0201. The maximum absolute atomic E-state index is 13.8. The van der Waals surface area contributed by atoms with E-state index in [1.165, 1.54) is 29.7 Å². The summed E-state index contributed by atoms with van der Waals surface area (Å²) >= 11 is 7.44. The molecule has 0 amide bonds. The molecule has 14 heteroatoms. The van der Waals surface area contributed by atoms with E-state index in [0.29, 0.717) is 39.3 Å². The normalized spacial score (nSPS) is 16.7. The van der Waals surface area contributed by atoms with Gasteiger partial charge in [0.2, 0.25) is 11.8 Å². The monoisotopic (exact) mass is 628 g/mol. The van der Waals surface area contributed by atoms with Crippen molar-refractivity contribution in [3.63, 3.8) is 0 Å². The lowest BCUT2D eigenvalue weighted by atomic mass is 10.0. The second-order valence-corrected chi connectivity index (χ2v) is 12.5. The molecule has 3 N–H and O–H groups in total. The third kappa shape index (κ3) is 6.00. The number of thiazole rings is 1. The molecule has 0 saturated carbocycles. The van der Waals surface area contributed by atoms with Gasteiger partial charge in [0.05, 0.1) is 28.5 Å². The summed E-state index contributed by atoms with van der Waals surface area (Å²) in [4.78, 5) is 13.7. The van der Waals surface area contributed by atoms with E-state index in [4.69, 9.17) is 16.3 Å². The summed E-state index contributed by atoms with van der Waals surface area (Å²) < 4.78 is 62.7. The Kier molecular flexibility index (Phi) is 7.66. The van der Waals surface area contributed by atoms with Crippen LogP contribution in [0.2, 0.25) is 5.02 Å². The molecule has 1 aliphatic heterocycles. The molecule has 216 valence electrons. The minimum atomic E-state index is -3.96. The highest BCUT2D eigenvalue weighted by Crippen LogP contribution is 2.39. The van der Waals surface area contributed by atoms with Gasteiger partial charge in [-0.05, 0) is 30.3 Å². The van der Waals surface area contributed by atoms with Crippen molar-refractivity contribution < 1.29 is 21.9 Å². The van der Waals surface area contributed by atoms with Gasteiger partial charge in [-0.15, -0.1) is 11.3 Å². The van der Waals surface area contributed by atoms with E-state index in [1.807, 2.05) is 6.07 Å². The van der Waals surface area contributed by atoms with Crippen molar-refractivity contribution in [1.29, 1.82) is 0 Å². The zero-order valence-electron chi connectivity index (χ0n) is 21.7. The van der Waals surface area contributed by atoms with Gasteiger partial charge in [0.25, 0.3) is 15.9 Å². The lowest BCUT2D eigenvalue weighted by molar-refractivity contribution is -0.0244. The molecule has 0 unspecified atom stereocenters. The highest BCUT2D eigenvalue weighted by Gasteiger charge is 2.36. The zero-order valence-corrected chi connectivity index (χ0v) is 24.1. The highest BCUT2D eigenvalue weighted by atomic mass is 35.5. The fourth-order valence-corrected chi connectivity index (χ4v) is 6.96. The topological polar surface area (TPSA) is 118 Å². The van der Waals surface area contributed by atoms with Crippen LogP contribution in [0.5, 0.6) is 11.6 Å². The largest absolute Gasteiger partial charge is 0.437 e. The first kappa shape index (κ1) is 28.2. The Morgan fingerprint density at radius 2 is 1.83 bits per heavy atom. The molecule has 1 atom stereocenters. The molecule has 0 spiro atoms. The molecular formula is C28H23ClF2N6O3S2. The second kappa shape index (κ2) is 11.4. The quantitative estimate of drug-likeness (QED) is 0.180.